The molecule has 0 saturated heterocycles. The number of aryl methyl sites for hydroxylation is 1. The lowest BCUT2D eigenvalue weighted by molar-refractivity contribution is 0.163. The van der Waals surface area contributed by atoms with Gasteiger partial charge in [0.05, 0.1) is 6.61 Å². The number of hydrogen-bond donors (Lipinski definition) is 1. The lowest BCUT2D eigenvalue weighted by Crippen LogP contribution is -2.09. The molecule has 0 amide bonds. The first-order chi connectivity index (χ1) is 9.15. The first-order valence-corrected chi connectivity index (χ1v) is 7.04. The molecule has 1 N–H and O–H groups in total. The number of aromatic nitrogens is 2. The first-order valence-electron chi connectivity index (χ1n) is 6.24. The van der Waals surface area contributed by atoms with Crippen molar-refractivity contribution in [2.24, 2.45) is 7.05 Å². The zero-order valence-electron chi connectivity index (χ0n) is 10.6. The Bertz CT molecular complexity index is 609. The van der Waals surface area contributed by atoms with Crippen molar-refractivity contribution in [2.75, 3.05) is 6.61 Å². The summed E-state index contributed by atoms with van der Waals surface area (Å²) in [6.45, 7) is 0.720. The van der Waals surface area contributed by atoms with Gasteiger partial charge in [-0.3, -0.25) is 0 Å². The number of aliphatic hydroxyl groups excluding tert-OH is 1. The van der Waals surface area contributed by atoms with Gasteiger partial charge in [-0.15, -0.1) is 0 Å². The van der Waals surface area contributed by atoms with Crippen LogP contribution in [0.25, 0.3) is 0 Å². The van der Waals surface area contributed by atoms with E-state index in [2.05, 4.69) is 27.0 Å². The predicted molar refractivity (Wildman–Crippen MR) is 75.2 cm³/mol. The third kappa shape index (κ3) is 2.40. The Hall–Kier alpha value is -1.33. The minimum absolute atomic E-state index is 0.507. The molecule has 0 bridgehead atoms. The predicted octanol–water partition coefficient (Wildman–Crippen LogP) is 2.39. The van der Waals surface area contributed by atoms with E-state index < -0.39 is 6.10 Å². The maximum atomic E-state index is 10.3. The van der Waals surface area contributed by atoms with Crippen LogP contribution in [-0.2, 0) is 19.9 Å². The number of imidazole rings is 1. The number of rotatable bonds is 3. The number of fused-ring (bicyclic) bond motifs is 1. The first kappa shape index (κ1) is 12.7. The van der Waals surface area contributed by atoms with Gasteiger partial charge in [-0.25, -0.2) is 4.98 Å². The van der Waals surface area contributed by atoms with E-state index in [0.29, 0.717) is 12.2 Å². The summed E-state index contributed by atoms with van der Waals surface area (Å²) in [6.07, 6.45) is 4.34. The van der Waals surface area contributed by atoms with Crippen molar-refractivity contribution in [3.63, 3.8) is 0 Å². The molecular weight excluding hydrogens is 308 g/mol. The van der Waals surface area contributed by atoms with Crippen molar-refractivity contribution < 1.29 is 9.84 Å². The van der Waals surface area contributed by atoms with Crippen molar-refractivity contribution in [1.29, 1.82) is 0 Å². The van der Waals surface area contributed by atoms with Gasteiger partial charge in [-0.2, -0.15) is 0 Å². The summed E-state index contributed by atoms with van der Waals surface area (Å²) >= 11 is 3.51. The average Bonchev–Trinajstić information content (AvgIpc) is 2.97. The van der Waals surface area contributed by atoms with Crippen LogP contribution in [0.5, 0.6) is 5.75 Å². The van der Waals surface area contributed by atoms with Crippen LogP contribution < -0.4 is 4.74 Å². The Balaban J connectivity index is 1.90. The van der Waals surface area contributed by atoms with Gasteiger partial charge < -0.3 is 14.4 Å². The molecular formula is C14H15BrN2O2. The molecule has 0 spiro atoms. The summed E-state index contributed by atoms with van der Waals surface area (Å²) in [4.78, 5) is 4.19. The molecule has 0 fully saturated rings. The van der Waals surface area contributed by atoms with Crippen LogP contribution in [0.15, 0.2) is 29.0 Å². The Morgan fingerprint density at radius 3 is 3.11 bits per heavy atom. The fraction of sp³-hybridized carbons (Fsp3) is 0.357. The fourth-order valence-electron chi connectivity index (χ4n) is 2.50. The molecule has 1 atom stereocenters. The third-order valence-corrected chi connectivity index (χ3v) is 3.85. The van der Waals surface area contributed by atoms with Crippen molar-refractivity contribution in [1.82, 2.24) is 9.55 Å². The van der Waals surface area contributed by atoms with E-state index in [9.17, 15) is 5.11 Å². The average molecular weight is 323 g/mol. The van der Waals surface area contributed by atoms with Crippen molar-refractivity contribution in [3.8, 4) is 5.75 Å². The SMILES string of the molecule is Cn1ccnc1C(O)Cc1cc(Br)cc2c1OCC2. The standard InChI is InChI=1S/C14H15BrN2O2/c1-17-4-3-16-14(17)12(18)8-10-7-11(15)6-9-2-5-19-13(9)10/h3-4,6-7,12,18H,2,5,8H2,1H3. The van der Waals surface area contributed by atoms with Crippen LogP contribution in [0.3, 0.4) is 0 Å². The molecule has 19 heavy (non-hydrogen) atoms. The number of benzene rings is 1. The van der Waals surface area contributed by atoms with Gasteiger partial charge in [-0.1, -0.05) is 15.9 Å². The molecule has 0 aliphatic carbocycles. The summed E-state index contributed by atoms with van der Waals surface area (Å²) in [7, 11) is 1.88. The Kier molecular flexibility index (Phi) is 3.33. The molecule has 4 nitrogen and oxygen atoms in total. The molecule has 3 rings (SSSR count). The molecule has 1 aromatic carbocycles. The molecule has 1 unspecified atom stereocenters. The number of halogens is 1. The van der Waals surface area contributed by atoms with E-state index in [1.807, 2.05) is 23.9 Å². The second-order valence-corrected chi connectivity index (χ2v) is 5.68. The quantitative estimate of drug-likeness (QED) is 0.943. The summed E-state index contributed by atoms with van der Waals surface area (Å²) in [5.74, 6) is 1.60. The molecule has 0 saturated carbocycles. The molecule has 100 valence electrons. The van der Waals surface area contributed by atoms with Gasteiger partial charge in [0.1, 0.15) is 17.7 Å². The second kappa shape index (κ2) is 4.98. The topological polar surface area (TPSA) is 47.3 Å². The highest BCUT2D eigenvalue weighted by Gasteiger charge is 2.21. The maximum Gasteiger partial charge on any atom is 0.137 e. The Morgan fingerprint density at radius 2 is 2.37 bits per heavy atom. The van der Waals surface area contributed by atoms with Gasteiger partial charge >= 0.3 is 0 Å². The number of nitrogens with zero attached hydrogens (tertiary/aromatic N) is 2. The van der Waals surface area contributed by atoms with E-state index in [0.717, 1.165) is 28.8 Å². The lowest BCUT2D eigenvalue weighted by atomic mass is 10.0. The summed E-state index contributed by atoms with van der Waals surface area (Å²) < 4.78 is 8.54. The molecule has 1 aliphatic heterocycles. The van der Waals surface area contributed by atoms with Gasteiger partial charge in [0.25, 0.3) is 0 Å². The van der Waals surface area contributed by atoms with Crippen LogP contribution in [0.2, 0.25) is 0 Å². The minimum atomic E-state index is -0.623. The van der Waals surface area contributed by atoms with Crippen LogP contribution in [0.4, 0.5) is 0 Å². The van der Waals surface area contributed by atoms with Crippen LogP contribution in [-0.4, -0.2) is 21.3 Å². The van der Waals surface area contributed by atoms with Gasteiger partial charge in [-0.05, 0) is 23.3 Å². The number of ether oxygens (including phenoxy) is 1. The smallest absolute Gasteiger partial charge is 0.137 e. The lowest BCUT2D eigenvalue weighted by Gasteiger charge is -2.14. The monoisotopic (exact) mass is 322 g/mol. The summed E-state index contributed by atoms with van der Waals surface area (Å²) in [6, 6.07) is 4.09. The second-order valence-electron chi connectivity index (χ2n) is 4.77. The molecule has 1 aliphatic rings. The normalized spacial score (nSPS) is 15.1. The van der Waals surface area contributed by atoms with Gasteiger partial charge in [0.2, 0.25) is 0 Å². The van der Waals surface area contributed by atoms with E-state index >= 15 is 0 Å². The van der Waals surface area contributed by atoms with Crippen molar-refractivity contribution >= 4 is 15.9 Å². The summed E-state index contributed by atoms with van der Waals surface area (Å²) in [5.41, 5.74) is 2.23. The highest BCUT2D eigenvalue weighted by atomic mass is 79.9. The Labute approximate surface area is 120 Å². The maximum absolute atomic E-state index is 10.3. The zero-order chi connectivity index (χ0) is 13.4. The third-order valence-electron chi connectivity index (χ3n) is 3.40. The molecule has 2 aromatic rings. The van der Waals surface area contributed by atoms with Crippen molar-refractivity contribution in [2.45, 2.75) is 18.9 Å². The molecule has 0 radical (unpaired) electrons. The molecule has 1 aromatic heterocycles. The van der Waals surface area contributed by atoms with E-state index in [1.165, 1.54) is 5.56 Å². The van der Waals surface area contributed by atoms with E-state index in [-0.39, 0.29) is 0 Å². The summed E-state index contributed by atoms with van der Waals surface area (Å²) in [5, 5.41) is 10.3. The highest BCUT2D eigenvalue weighted by molar-refractivity contribution is 9.10. The van der Waals surface area contributed by atoms with Crippen LogP contribution >= 0.6 is 15.9 Å². The highest BCUT2D eigenvalue weighted by Crippen LogP contribution is 2.35. The van der Waals surface area contributed by atoms with E-state index in [1.54, 1.807) is 6.20 Å². The van der Waals surface area contributed by atoms with Crippen molar-refractivity contribution in [3.05, 3.63) is 46.0 Å². The molecule has 2 heterocycles. The zero-order valence-corrected chi connectivity index (χ0v) is 12.2. The largest absolute Gasteiger partial charge is 0.493 e. The van der Waals surface area contributed by atoms with Gasteiger partial charge in [0.15, 0.2) is 0 Å². The Morgan fingerprint density at radius 1 is 1.53 bits per heavy atom. The number of aliphatic hydroxyl groups is 1. The van der Waals surface area contributed by atoms with Crippen LogP contribution in [0, 0.1) is 0 Å². The van der Waals surface area contributed by atoms with Crippen LogP contribution in [0.1, 0.15) is 23.1 Å². The number of hydrogen-bond acceptors (Lipinski definition) is 3. The molecule has 5 heteroatoms. The minimum Gasteiger partial charge on any atom is -0.493 e. The fourth-order valence-corrected chi connectivity index (χ4v) is 3.05. The van der Waals surface area contributed by atoms with Gasteiger partial charge in [0, 0.05) is 36.8 Å². The van der Waals surface area contributed by atoms with E-state index in [4.69, 9.17) is 4.74 Å².